The van der Waals surface area contributed by atoms with Crippen LogP contribution in [-0.2, 0) is 5.60 Å². The molecule has 2 unspecified atom stereocenters. The fourth-order valence-electron chi connectivity index (χ4n) is 3.55. The van der Waals surface area contributed by atoms with E-state index in [0.29, 0.717) is 0 Å². The largest absolute Gasteiger partial charge is 0.383 e. The third-order valence-corrected chi connectivity index (χ3v) is 4.85. The predicted octanol–water partition coefficient (Wildman–Crippen LogP) is 3.30. The van der Waals surface area contributed by atoms with Gasteiger partial charge in [0.05, 0.1) is 17.6 Å². The first-order chi connectivity index (χ1) is 9.92. The lowest BCUT2D eigenvalue weighted by atomic mass is 9.64. The Morgan fingerprint density at radius 2 is 1.90 bits per heavy atom. The second-order valence-electron chi connectivity index (χ2n) is 7.06. The van der Waals surface area contributed by atoms with Gasteiger partial charge in [-0.1, -0.05) is 44.2 Å². The van der Waals surface area contributed by atoms with Crippen molar-refractivity contribution in [2.24, 2.45) is 11.3 Å². The minimum atomic E-state index is -0.852. The third-order valence-electron chi connectivity index (χ3n) is 4.85. The zero-order valence-corrected chi connectivity index (χ0v) is 13.0. The van der Waals surface area contributed by atoms with Crippen LogP contribution in [0.2, 0.25) is 0 Å². The number of hydrogen-bond donors (Lipinski definition) is 1. The maximum Gasteiger partial charge on any atom is 0.111 e. The van der Waals surface area contributed by atoms with Crippen LogP contribution in [0.25, 0.3) is 5.69 Å². The summed E-state index contributed by atoms with van der Waals surface area (Å²) < 4.78 is 1.77. The van der Waals surface area contributed by atoms with Gasteiger partial charge in [0.15, 0.2) is 0 Å². The van der Waals surface area contributed by atoms with E-state index in [2.05, 4.69) is 31.1 Å². The Kier molecular flexibility index (Phi) is 3.36. The molecule has 21 heavy (non-hydrogen) atoms. The second-order valence-corrected chi connectivity index (χ2v) is 7.06. The monoisotopic (exact) mass is 285 g/mol. The van der Waals surface area contributed by atoms with Crippen LogP contribution in [0, 0.1) is 11.3 Å². The molecule has 0 amide bonds. The van der Waals surface area contributed by atoms with Gasteiger partial charge < -0.3 is 5.11 Å². The molecule has 1 aromatic heterocycles. The molecular weight excluding hydrogens is 262 g/mol. The van der Waals surface area contributed by atoms with Gasteiger partial charge in [-0.15, -0.1) is 5.10 Å². The van der Waals surface area contributed by atoms with Crippen molar-refractivity contribution >= 4 is 0 Å². The first kappa shape index (κ1) is 14.3. The minimum Gasteiger partial charge on any atom is -0.383 e. The zero-order chi connectivity index (χ0) is 15.1. The highest BCUT2D eigenvalue weighted by atomic mass is 16.3. The fraction of sp³-hybridized carbons (Fsp3) is 0.529. The van der Waals surface area contributed by atoms with Gasteiger partial charge in [0, 0.05) is 0 Å². The van der Waals surface area contributed by atoms with Gasteiger partial charge in [-0.3, -0.25) is 0 Å². The van der Waals surface area contributed by atoms with Crippen molar-refractivity contribution in [3.8, 4) is 5.69 Å². The van der Waals surface area contributed by atoms with Crippen molar-refractivity contribution in [1.29, 1.82) is 0 Å². The van der Waals surface area contributed by atoms with E-state index in [1.165, 1.54) is 0 Å². The Balaban J connectivity index is 2.00. The maximum absolute atomic E-state index is 11.3. The van der Waals surface area contributed by atoms with E-state index < -0.39 is 5.60 Å². The molecule has 4 nitrogen and oxygen atoms in total. The van der Waals surface area contributed by atoms with Gasteiger partial charge in [-0.2, -0.15) is 0 Å². The molecule has 1 saturated carbocycles. The summed E-state index contributed by atoms with van der Waals surface area (Å²) >= 11 is 0. The van der Waals surface area contributed by atoms with Gasteiger partial charge in [0.25, 0.3) is 0 Å². The van der Waals surface area contributed by atoms with Crippen molar-refractivity contribution in [3.63, 3.8) is 0 Å². The van der Waals surface area contributed by atoms with Gasteiger partial charge in [0.2, 0.25) is 0 Å². The Morgan fingerprint density at radius 3 is 2.57 bits per heavy atom. The summed E-state index contributed by atoms with van der Waals surface area (Å²) in [7, 11) is 0. The van der Waals surface area contributed by atoms with Gasteiger partial charge in [-0.25, -0.2) is 4.68 Å². The fourth-order valence-corrected chi connectivity index (χ4v) is 3.55. The highest BCUT2D eigenvalue weighted by Crippen LogP contribution is 2.48. The molecule has 1 N–H and O–H groups in total. The van der Waals surface area contributed by atoms with Crippen LogP contribution in [-0.4, -0.2) is 20.1 Å². The number of hydrogen-bond acceptors (Lipinski definition) is 3. The van der Waals surface area contributed by atoms with E-state index in [1.54, 1.807) is 10.9 Å². The molecule has 2 aromatic rings. The minimum absolute atomic E-state index is 0.183. The predicted molar refractivity (Wildman–Crippen MR) is 82.1 cm³/mol. The zero-order valence-electron chi connectivity index (χ0n) is 13.0. The van der Waals surface area contributed by atoms with Crippen molar-refractivity contribution in [2.75, 3.05) is 0 Å². The van der Waals surface area contributed by atoms with E-state index >= 15 is 0 Å². The third kappa shape index (κ3) is 2.48. The van der Waals surface area contributed by atoms with Crippen LogP contribution < -0.4 is 0 Å². The first-order valence-corrected chi connectivity index (χ1v) is 7.61. The number of benzene rings is 1. The summed E-state index contributed by atoms with van der Waals surface area (Å²) in [5, 5.41) is 19.5. The topological polar surface area (TPSA) is 50.9 Å². The van der Waals surface area contributed by atoms with Gasteiger partial charge in [0.1, 0.15) is 5.60 Å². The molecule has 0 spiro atoms. The Labute approximate surface area is 125 Å². The van der Waals surface area contributed by atoms with Crippen LogP contribution in [0.1, 0.15) is 45.7 Å². The first-order valence-electron chi connectivity index (χ1n) is 7.61. The van der Waals surface area contributed by atoms with E-state index in [-0.39, 0.29) is 11.3 Å². The molecule has 4 heteroatoms. The number of para-hydroxylation sites is 1. The summed E-state index contributed by atoms with van der Waals surface area (Å²) in [6.07, 6.45) is 4.47. The molecule has 1 fully saturated rings. The maximum atomic E-state index is 11.3. The SMILES string of the molecule is CC1CC(C)(C)CCC1(O)c1cnnn1-c1ccccc1. The van der Waals surface area contributed by atoms with Crippen LogP contribution in [0.15, 0.2) is 36.5 Å². The molecule has 1 aromatic carbocycles. The second kappa shape index (κ2) is 4.95. The van der Waals surface area contributed by atoms with Gasteiger partial charge in [-0.05, 0) is 42.7 Å². The van der Waals surface area contributed by atoms with Crippen LogP contribution in [0.5, 0.6) is 0 Å². The molecule has 1 aliphatic carbocycles. The molecule has 1 heterocycles. The quantitative estimate of drug-likeness (QED) is 0.921. The molecular formula is C17H23N3O. The molecule has 112 valence electrons. The average Bonchev–Trinajstić information content (AvgIpc) is 2.94. The lowest BCUT2D eigenvalue weighted by molar-refractivity contribution is -0.0815. The van der Waals surface area contributed by atoms with E-state index in [0.717, 1.165) is 30.6 Å². The number of aromatic nitrogens is 3. The summed E-state index contributed by atoms with van der Waals surface area (Å²) in [5.74, 6) is 0.183. The molecule has 2 atom stereocenters. The molecule has 0 saturated heterocycles. The van der Waals surface area contributed by atoms with Crippen molar-refractivity contribution in [2.45, 2.75) is 45.6 Å². The Bertz CT molecular complexity index is 620. The normalized spacial score (nSPS) is 28.5. The van der Waals surface area contributed by atoms with Crippen LogP contribution in [0.4, 0.5) is 0 Å². The van der Waals surface area contributed by atoms with Crippen molar-refractivity contribution in [1.82, 2.24) is 15.0 Å². The standard InChI is InChI=1S/C17H23N3O/c1-13-11-16(2,3)9-10-17(13,21)15-12-18-19-20(15)14-7-5-4-6-8-14/h4-8,12-13,21H,9-11H2,1-3H3. The van der Waals surface area contributed by atoms with Crippen LogP contribution >= 0.6 is 0 Å². The Morgan fingerprint density at radius 1 is 1.19 bits per heavy atom. The molecule has 0 aliphatic heterocycles. The number of rotatable bonds is 2. The molecule has 0 radical (unpaired) electrons. The van der Waals surface area contributed by atoms with Crippen molar-refractivity contribution in [3.05, 3.63) is 42.2 Å². The van der Waals surface area contributed by atoms with Crippen molar-refractivity contribution < 1.29 is 5.11 Å². The molecule has 1 aliphatic rings. The molecule has 0 bridgehead atoms. The van der Waals surface area contributed by atoms with E-state index in [4.69, 9.17) is 0 Å². The van der Waals surface area contributed by atoms with Crippen LogP contribution in [0.3, 0.4) is 0 Å². The smallest absolute Gasteiger partial charge is 0.111 e. The summed E-state index contributed by atoms with van der Waals surface area (Å²) in [6, 6.07) is 9.88. The average molecular weight is 285 g/mol. The van der Waals surface area contributed by atoms with Gasteiger partial charge >= 0.3 is 0 Å². The molecule has 3 rings (SSSR count). The summed E-state index contributed by atoms with van der Waals surface area (Å²) in [5.41, 5.74) is 1.18. The number of aliphatic hydroxyl groups is 1. The lowest BCUT2D eigenvalue weighted by Crippen LogP contribution is -2.43. The summed E-state index contributed by atoms with van der Waals surface area (Å²) in [4.78, 5) is 0. The highest BCUT2D eigenvalue weighted by molar-refractivity contribution is 5.33. The lowest BCUT2D eigenvalue weighted by Gasteiger charge is -2.45. The van der Waals surface area contributed by atoms with E-state index in [1.807, 2.05) is 30.3 Å². The summed E-state index contributed by atoms with van der Waals surface area (Å²) in [6.45, 7) is 6.68. The number of nitrogens with zero attached hydrogens (tertiary/aromatic N) is 3. The van der Waals surface area contributed by atoms with E-state index in [9.17, 15) is 5.11 Å². The Hall–Kier alpha value is -1.68. The highest BCUT2D eigenvalue weighted by Gasteiger charge is 2.45.